The molecule has 0 aliphatic rings. The second-order valence-electron chi connectivity index (χ2n) is 5.14. The third-order valence-electron chi connectivity index (χ3n) is 3.47. The van der Waals surface area contributed by atoms with Crippen molar-refractivity contribution in [3.8, 4) is 11.5 Å². The molecule has 0 atom stereocenters. The minimum atomic E-state index is -4.09. The van der Waals surface area contributed by atoms with Gasteiger partial charge in [0.05, 0.1) is 12.1 Å². The predicted molar refractivity (Wildman–Crippen MR) is 92.3 cm³/mol. The number of rotatable bonds is 4. The molecule has 124 valence electrons. The Morgan fingerprint density at radius 1 is 1.08 bits per heavy atom. The van der Waals surface area contributed by atoms with E-state index >= 15 is 0 Å². The van der Waals surface area contributed by atoms with Gasteiger partial charge in [-0.3, -0.25) is 4.98 Å². The molecule has 7 heteroatoms. The van der Waals surface area contributed by atoms with E-state index in [2.05, 4.69) is 4.98 Å². The molecule has 0 N–H and O–H groups in total. The summed E-state index contributed by atoms with van der Waals surface area (Å²) in [6.45, 7) is 1.79. The molecular formula is C17H14ClNO4S. The first-order chi connectivity index (χ1) is 11.4. The van der Waals surface area contributed by atoms with Crippen LogP contribution in [0.1, 0.15) is 5.56 Å². The molecule has 3 aromatic rings. The van der Waals surface area contributed by atoms with Crippen LogP contribution in [-0.2, 0) is 10.1 Å². The molecule has 1 aromatic heterocycles. The maximum Gasteiger partial charge on any atom is 0.343 e. The maximum atomic E-state index is 12.7. The van der Waals surface area contributed by atoms with Gasteiger partial charge in [0.1, 0.15) is 16.2 Å². The summed E-state index contributed by atoms with van der Waals surface area (Å²) >= 11 is 6.12. The second kappa shape index (κ2) is 6.30. The summed E-state index contributed by atoms with van der Waals surface area (Å²) in [7, 11) is -2.69. The molecule has 0 unspecified atom stereocenters. The smallest absolute Gasteiger partial charge is 0.343 e. The second-order valence-corrected chi connectivity index (χ2v) is 7.06. The van der Waals surface area contributed by atoms with Crippen molar-refractivity contribution in [3.05, 3.63) is 59.2 Å². The van der Waals surface area contributed by atoms with E-state index in [0.29, 0.717) is 15.9 Å². The number of pyridine rings is 1. The maximum absolute atomic E-state index is 12.7. The molecule has 0 spiro atoms. The summed E-state index contributed by atoms with van der Waals surface area (Å²) < 4.78 is 35.9. The number of hydrogen-bond acceptors (Lipinski definition) is 5. The molecular weight excluding hydrogens is 350 g/mol. The number of aryl methyl sites for hydroxylation is 1. The van der Waals surface area contributed by atoms with Crippen LogP contribution < -0.4 is 8.92 Å². The van der Waals surface area contributed by atoms with E-state index in [1.54, 1.807) is 43.5 Å². The van der Waals surface area contributed by atoms with Gasteiger partial charge in [-0.05, 0) is 48.9 Å². The first-order valence-electron chi connectivity index (χ1n) is 7.05. The quantitative estimate of drug-likeness (QED) is 0.656. The van der Waals surface area contributed by atoms with Gasteiger partial charge in [-0.2, -0.15) is 8.42 Å². The van der Waals surface area contributed by atoms with E-state index in [0.717, 1.165) is 5.56 Å². The zero-order valence-corrected chi connectivity index (χ0v) is 14.6. The number of aromatic nitrogens is 1. The monoisotopic (exact) mass is 363 g/mol. The van der Waals surface area contributed by atoms with Gasteiger partial charge < -0.3 is 8.92 Å². The summed E-state index contributed by atoms with van der Waals surface area (Å²) in [6.07, 6.45) is 1.55. The summed E-state index contributed by atoms with van der Waals surface area (Å²) in [5, 5.41) is 1.08. The minimum Gasteiger partial charge on any atom is -0.495 e. The largest absolute Gasteiger partial charge is 0.495 e. The molecule has 0 fully saturated rings. The number of methoxy groups -OCH3 is 1. The highest BCUT2D eigenvalue weighted by molar-refractivity contribution is 7.87. The molecule has 0 saturated heterocycles. The number of hydrogen-bond donors (Lipinski definition) is 0. The first-order valence-corrected chi connectivity index (χ1v) is 8.83. The Morgan fingerprint density at radius 3 is 2.58 bits per heavy atom. The highest BCUT2D eigenvalue weighted by Gasteiger charge is 2.23. The number of benzene rings is 2. The van der Waals surface area contributed by atoms with Crippen molar-refractivity contribution in [1.29, 1.82) is 0 Å². The van der Waals surface area contributed by atoms with Crippen LogP contribution in [0.15, 0.2) is 53.6 Å². The van der Waals surface area contributed by atoms with Crippen LogP contribution in [0.2, 0.25) is 5.02 Å². The van der Waals surface area contributed by atoms with Crippen molar-refractivity contribution in [3.63, 3.8) is 0 Å². The summed E-state index contributed by atoms with van der Waals surface area (Å²) in [6, 6.07) is 11.4. The highest BCUT2D eigenvalue weighted by atomic mass is 35.5. The topological polar surface area (TPSA) is 65.5 Å². The van der Waals surface area contributed by atoms with Gasteiger partial charge in [0.25, 0.3) is 0 Å². The third kappa shape index (κ3) is 3.02. The van der Waals surface area contributed by atoms with Crippen molar-refractivity contribution in [2.45, 2.75) is 11.8 Å². The van der Waals surface area contributed by atoms with Crippen LogP contribution in [0.4, 0.5) is 0 Å². The third-order valence-corrected chi connectivity index (χ3v) is 5.05. The molecule has 0 bridgehead atoms. The number of nitrogens with zero attached hydrogens (tertiary/aromatic N) is 1. The molecule has 0 aliphatic heterocycles. The molecule has 5 nitrogen and oxygen atoms in total. The first kappa shape index (κ1) is 16.5. The molecule has 3 rings (SSSR count). The van der Waals surface area contributed by atoms with Gasteiger partial charge in [-0.25, -0.2) is 0 Å². The molecule has 0 aliphatic carbocycles. The fraction of sp³-hybridized carbons (Fsp3) is 0.118. The molecule has 1 heterocycles. The van der Waals surface area contributed by atoms with Gasteiger partial charge in [0, 0.05) is 11.6 Å². The van der Waals surface area contributed by atoms with E-state index in [9.17, 15) is 8.42 Å². The van der Waals surface area contributed by atoms with E-state index in [-0.39, 0.29) is 16.4 Å². The van der Waals surface area contributed by atoms with Crippen LogP contribution in [0.3, 0.4) is 0 Å². The van der Waals surface area contributed by atoms with Crippen LogP contribution in [0, 0.1) is 6.92 Å². The lowest BCUT2D eigenvalue weighted by Gasteiger charge is -2.12. The Labute approximate surface area is 144 Å². The van der Waals surface area contributed by atoms with E-state index in [4.69, 9.17) is 20.5 Å². The molecule has 0 amide bonds. The Balaban J connectivity index is 2.12. The molecule has 0 radical (unpaired) electrons. The van der Waals surface area contributed by atoms with Crippen molar-refractivity contribution in [2.75, 3.05) is 7.11 Å². The number of ether oxygens (including phenoxy) is 1. The molecule has 2 aromatic carbocycles. The lowest BCUT2D eigenvalue weighted by molar-refractivity contribution is 0.398. The van der Waals surface area contributed by atoms with Gasteiger partial charge in [-0.15, -0.1) is 0 Å². The van der Waals surface area contributed by atoms with E-state index in [1.165, 1.54) is 19.2 Å². The van der Waals surface area contributed by atoms with Crippen molar-refractivity contribution in [2.24, 2.45) is 0 Å². The van der Waals surface area contributed by atoms with Gasteiger partial charge in [-0.1, -0.05) is 17.7 Å². The van der Waals surface area contributed by atoms with Crippen LogP contribution in [0.5, 0.6) is 11.5 Å². The van der Waals surface area contributed by atoms with Gasteiger partial charge in [0.15, 0.2) is 5.75 Å². The normalized spacial score (nSPS) is 11.5. The van der Waals surface area contributed by atoms with E-state index in [1.807, 2.05) is 0 Å². The van der Waals surface area contributed by atoms with Crippen LogP contribution >= 0.6 is 11.6 Å². The number of halogens is 1. The van der Waals surface area contributed by atoms with Crippen molar-refractivity contribution in [1.82, 2.24) is 4.98 Å². The summed E-state index contributed by atoms with van der Waals surface area (Å²) in [5.74, 6) is 0.324. The Morgan fingerprint density at radius 2 is 1.83 bits per heavy atom. The van der Waals surface area contributed by atoms with E-state index < -0.39 is 10.1 Å². The fourth-order valence-corrected chi connectivity index (χ4v) is 3.73. The lowest BCUT2D eigenvalue weighted by Crippen LogP contribution is -2.12. The zero-order chi connectivity index (χ0) is 17.3. The van der Waals surface area contributed by atoms with Crippen LogP contribution in [-0.4, -0.2) is 20.5 Å². The minimum absolute atomic E-state index is 0.0379. The van der Waals surface area contributed by atoms with Crippen molar-refractivity contribution < 1.29 is 17.3 Å². The van der Waals surface area contributed by atoms with Gasteiger partial charge >= 0.3 is 10.1 Å². The van der Waals surface area contributed by atoms with Crippen molar-refractivity contribution >= 4 is 32.6 Å². The highest BCUT2D eigenvalue weighted by Crippen LogP contribution is 2.33. The SMILES string of the molecule is COc1ccc(C)cc1S(=O)(=O)Oc1ccc(Cl)c2cccnc12. The average molecular weight is 364 g/mol. The molecule has 0 saturated carbocycles. The fourth-order valence-electron chi connectivity index (χ4n) is 2.32. The standard InChI is InChI=1S/C17H14ClNO4S/c1-11-5-7-14(22-2)16(10-11)24(20,21)23-15-8-6-13(18)12-4-3-9-19-17(12)15/h3-10H,1-2H3. The summed E-state index contributed by atoms with van der Waals surface area (Å²) in [4.78, 5) is 4.14. The van der Waals surface area contributed by atoms with Gasteiger partial charge in [0.2, 0.25) is 0 Å². The molecule has 24 heavy (non-hydrogen) atoms. The zero-order valence-electron chi connectivity index (χ0n) is 13.0. The Bertz CT molecular complexity index is 1020. The average Bonchev–Trinajstić information content (AvgIpc) is 2.57. The Kier molecular flexibility index (Phi) is 4.34. The predicted octanol–water partition coefficient (Wildman–Crippen LogP) is 3.97. The lowest BCUT2D eigenvalue weighted by atomic mass is 10.2. The van der Waals surface area contributed by atoms with Crippen LogP contribution in [0.25, 0.3) is 10.9 Å². The summed E-state index contributed by atoms with van der Waals surface area (Å²) in [5.41, 5.74) is 1.15. The Hall–Kier alpha value is -2.31. The number of fused-ring (bicyclic) bond motifs is 1.